The zero-order valence-corrected chi connectivity index (χ0v) is 17.2. The number of nitrogens with one attached hydrogen (secondary N) is 1. The SMILES string of the molecule is Cc1ccc(-c2ccc(=O)n(CC(=O)N[C@@H](C)CCc3ccccc3)n2)cc1C. The molecule has 0 fully saturated rings. The largest absolute Gasteiger partial charge is 0.352 e. The van der Waals surface area contributed by atoms with Crippen LogP contribution in [-0.4, -0.2) is 21.7 Å². The third-order valence-corrected chi connectivity index (χ3v) is 5.08. The van der Waals surface area contributed by atoms with E-state index in [9.17, 15) is 9.59 Å². The normalized spacial score (nSPS) is 11.8. The monoisotopic (exact) mass is 389 g/mol. The van der Waals surface area contributed by atoms with Crippen LogP contribution in [0.15, 0.2) is 65.5 Å². The van der Waals surface area contributed by atoms with E-state index in [-0.39, 0.29) is 24.1 Å². The molecule has 3 rings (SSSR count). The van der Waals surface area contributed by atoms with Gasteiger partial charge in [-0.2, -0.15) is 5.10 Å². The number of carbonyl (C=O) groups excluding carboxylic acids is 1. The van der Waals surface area contributed by atoms with Gasteiger partial charge in [-0.15, -0.1) is 0 Å². The minimum atomic E-state index is -0.287. The number of rotatable bonds is 7. The van der Waals surface area contributed by atoms with Crippen molar-refractivity contribution in [3.63, 3.8) is 0 Å². The summed E-state index contributed by atoms with van der Waals surface area (Å²) in [6.07, 6.45) is 1.73. The molecule has 1 heterocycles. The van der Waals surface area contributed by atoms with Crippen LogP contribution in [0.25, 0.3) is 11.3 Å². The van der Waals surface area contributed by atoms with Gasteiger partial charge in [0.1, 0.15) is 6.54 Å². The molecule has 0 saturated carbocycles. The van der Waals surface area contributed by atoms with E-state index in [1.165, 1.54) is 21.9 Å². The van der Waals surface area contributed by atoms with Gasteiger partial charge in [0.25, 0.3) is 5.56 Å². The van der Waals surface area contributed by atoms with Crippen LogP contribution in [0.3, 0.4) is 0 Å². The summed E-state index contributed by atoms with van der Waals surface area (Å²) in [6, 6.07) is 19.4. The number of carbonyl (C=O) groups is 1. The standard InChI is InChI=1S/C24H27N3O2/c1-17-9-12-21(15-18(17)2)22-13-14-24(29)27(26-22)16-23(28)25-19(3)10-11-20-7-5-4-6-8-20/h4-9,12-15,19H,10-11,16H2,1-3H3,(H,25,28)/t19-/m0/s1. The summed E-state index contributed by atoms with van der Waals surface area (Å²) in [5.74, 6) is -0.211. The molecule has 1 amide bonds. The van der Waals surface area contributed by atoms with Gasteiger partial charge < -0.3 is 5.32 Å². The predicted octanol–water partition coefficient (Wildman–Crippen LogP) is 3.66. The first-order valence-electron chi connectivity index (χ1n) is 9.91. The van der Waals surface area contributed by atoms with E-state index in [4.69, 9.17) is 0 Å². The lowest BCUT2D eigenvalue weighted by molar-refractivity contribution is -0.122. The molecule has 1 aromatic heterocycles. The summed E-state index contributed by atoms with van der Waals surface area (Å²) in [5, 5.41) is 7.36. The maximum absolute atomic E-state index is 12.4. The van der Waals surface area contributed by atoms with Gasteiger partial charge in [0.05, 0.1) is 5.69 Å². The van der Waals surface area contributed by atoms with Crippen molar-refractivity contribution in [1.82, 2.24) is 15.1 Å². The van der Waals surface area contributed by atoms with Crippen LogP contribution >= 0.6 is 0 Å². The molecule has 5 nitrogen and oxygen atoms in total. The van der Waals surface area contributed by atoms with Crippen molar-refractivity contribution in [3.8, 4) is 11.3 Å². The van der Waals surface area contributed by atoms with Crippen molar-refractivity contribution in [2.24, 2.45) is 0 Å². The minimum absolute atomic E-state index is 0.0151. The van der Waals surface area contributed by atoms with E-state index in [1.807, 2.05) is 50.2 Å². The number of aromatic nitrogens is 2. The smallest absolute Gasteiger partial charge is 0.267 e. The second kappa shape index (κ2) is 9.32. The summed E-state index contributed by atoms with van der Waals surface area (Å²) in [4.78, 5) is 24.6. The molecule has 0 radical (unpaired) electrons. The Hall–Kier alpha value is -3.21. The second-order valence-corrected chi connectivity index (χ2v) is 7.51. The fourth-order valence-corrected chi connectivity index (χ4v) is 3.17. The van der Waals surface area contributed by atoms with Gasteiger partial charge in [-0.05, 0) is 62.4 Å². The lowest BCUT2D eigenvalue weighted by atomic mass is 10.0. The van der Waals surface area contributed by atoms with E-state index < -0.39 is 0 Å². The molecule has 0 bridgehead atoms. The quantitative estimate of drug-likeness (QED) is 0.671. The molecule has 0 spiro atoms. The molecule has 150 valence electrons. The number of aryl methyl sites for hydroxylation is 3. The highest BCUT2D eigenvalue weighted by Crippen LogP contribution is 2.19. The van der Waals surface area contributed by atoms with Crippen LogP contribution in [0, 0.1) is 13.8 Å². The van der Waals surface area contributed by atoms with Crippen LogP contribution < -0.4 is 10.9 Å². The molecule has 0 aliphatic carbocycles. The lowest BCUT2D eigenvalue weighted by Gasteiger charge is -2.14. The molecule has 3 aromatic rings. The highest BCUT2D eigenvalue weighted by Gasteiger charge is 2.11. The predicted molar refractivity (Wildman–Crippen MR) is 116 cm³/mol. The van der Waals surface area contributed by atoms with Crippen molar-refractivity contribution in [1.29, 1.82) is 0 Å². The van der Waals surface area contributed by atoms with Crippen LogP contribution in [0.4, 0.5) is 0 Å². The third kappa shape index (κ3) is 5.64. The summed E-state index contributed by atoms with van der Waals surface area (Å²) >= 11 is 0. The van der Waals surface area contributed by atoms with Crippen molar-refractivity contribution >= 4 is 5.91 Å². The van der Waals surface area contributed by atoms with Crippen molar-refractivity contribution in [2.45, 2.75) is 46.2 Å². The molecule has 0 saturated heterocycles. The van der Waals surface area contributed by atoms with Crippen LogP contribution in [-0.2, 0) is 17.8 Å². The zero-order chi connectivity index (χ0) is 20.8. The van der Waals surface area contributed by atoms with Gasteiger partial charge >= 0.3 is 0 Å². The highest BCUT2D eigenvalue weighted by atomic mass is 16.2. The maximum Gasteiger partial charge on any atom is 0.267 e. The summed E-state index contributed by atoms with van der Waals surface area (Å²) in [7, 11) is 0. The highest BCUT2D eigenvalue weighted by molar-refractivity contribution is 5.76. The lowest BCUT2D eigenvalue weighted by Crippen LogP contribution is -2.38. The van der Waals surface area contributed by atoms with Gasteiger partial charge in [-0.3, -0.25) is 9.59 Å². The Balaban J connectivity index is 1.63. The van der Waals surface area contributed by atoms with Gasteiger partial charge in [0.15, 0.2) is 0 Å². The molecule has 1 atom stereocenters. The first kappa shape index (κ1) is 20.5. The molecular weight excluding hydrogens is 362 g/mol. The molecule has 2 aromatic carbocycles. The van der Waals surface area contributed by atoms with E-state index in [0.717, 1.165) is 24.0 Å². The minimum Gasteiger partial charge on any atom is -0.352 e. The first-order chi connectivity index (χ1) is 13.9. The third-order valence-electron chi connectivity index (χ3n) is 5.08. The Labute approximate surface area is 171 Å². The first-order valence-corrected chi connectivity index (χ1v) is 9.91. The maximum atomic E-state index is 12.4. The van der Waals surface area contributed by atoms with Crippen molar-refractivity contribution in [3.05, 3.63) is 87.7 Å². The number of nitrogens with zero attached hydrogens (tertiary/aromatic N) is 2. The van der Waals surface area contributed by atoms with Crippen LogP contribution in [0.1, 0.15) is 30.0 Å². The Morgan fingerprint density at radius 1 is 1.03 bits per heavy atom. The Bertz CT molecular complexity index is 1040. The molecule has 29 heavy (non-hydrogen) atoms. The van der Waals surface area contributed by atoms with Crippen molar-refractivity contribution in [2.75, 3.05) is 0 Å². The topological polar surface area (TPSA) is 64.0 Å². The molecule has 0 aliphatic heterocycles. The zero-order valence-electron chi connectivity index (χ0n) is 17.2. The average Bonchev–Trinajstić information content (AvgIpc) is 2.71. The number of hydrogen-bond donors (Lipinski definition) is 1. The van der Waals surface area contributed by atoms with Gasteiger partial charge in [0, 0.05) is 17.7 Å². The second-order valence-electron chi connectivity index (χ2n) is 7.51. The van der Waals surface area contributed by atoms with E-state index in [2.05, 4.69) is 29.5 Å². The molecule has 1 N–H and O–H groups in total. The van der Waals surface area contributed by atoms with E-state index in [1.54, 1.807) is 6.07 Å². The van der Waals surface area contributed by atoms with Crippen LogP contribution in [0.5, 0.6) is 0 Å². The van der Waals surface area contributed by atoms with Gasteiger partial charge in [-0.1, -0.05) is 42.5 Å². The summed E-state index contributed by atoms with van der Waals surface area (Å²) < 4.78 is 1.23. The fraction of sp³-hybridized carbons (Fsp3) is 0.292. The van der Waals surface area contributed by atoms with Crippen molar-refractivity contribution < 1.29 is 4.79 Å². The summed E-state index contributed by atoms with van der Waals surface area (Å²) in [6.45, 7) is 5.98. The number of benzene rings is 2. The Morgan fingerprint density at radius 2 is 1.79 bits per heavy atom. The molecular formula is C24H27N3O2. The molecule has 0 aliphatic rings. The number of hydrogen-bond acceptors (Lipinski definition) is 3. The fourth-order valence-electron chi connectivity index (χ4n) is 3.17. The van der Waals surface area contributed by atoms with Gasteiger partial charge in [-0.25, -0.2) is 4.68 Å². The van der Waals surface area contributed by atoms with Gasteiger partial charge in [0.2, 0.25) is 5.91 Å². The van der Waals surface area contributed by atoms with Crippen LogP contribution in [0.2, 0.25) is 0 Å². The number of amides is 1. The summed E-state index contributed by atoms with van der Waals surface area (Å²) in [5.41, 5.74) is 4.92. The Morgan fingerprint density at radius 3 is 2.52 bits per heavy atom. The Kier molecular flexibility index (Phi) is 6.60. The average molecular weight is 389 g/mol. The van der Waals surface area contributed by atoms with E-state index >= 15 is 0 Å². The molecule has 0 unspecified atom stereocenters. The van der Waals surface area contributed by atoms with E-state index in [0.29, 0.717) is 5.69 Å². The molecule has 5 heteroatoms.